The number of aryl methyl sites for hydroxylation is 1. The monoisotopic (exact) mass is 437 g/mol. The number of sulfonamides is 1. The zero-order chi connectivity index (χ0) is 21.5. The summed E-state index contributed by atoms with van der Waals surface area (Å²) in [6.45, 7) is -0.0766. The third kappa shape index (κ3) is 3.77. The Labute approximate surface area is 171 Å². The first-order chi connectivity index (χ1) is 14.3. The van der Waals surface area contributed by atoms with Crippen LogP contribution in [0.1, 0.15) is 11.6 Å². The summed E-state index contributed by atoms with van der Waals surface area (Å²) >= 11 is 0. The van der Waals surface area contributed by atoms with E-state index in [1.54, 1.807) is 7.05 Å². The van der Waals surface area contributed by atoms with Crippen LogP contribution in [0.2, 0.25) is 0 Å². The molecule has 11 heteroatoms. The van der Waals surface area contributed by atoms with Crippen molar-refractivity contribution in [2.24, 2.45) is 7.05 Å². The second kappa shape index (κ2) is 7.73. The first-order valence-electron chi connectivity index (χ1n) is 9.06. The summed E-state index contributed by atoms with van der Waals surface area (Å²) in [5, 5.41) is 2.87. The van der Waals surface area contributed by atoms with E-state index in [4.69, 9.17) is 0 Å². The Balaban J connectivity index is 1.68. The molecule has 0 amide bonds. The normalized spacial score (nSPS) is 19.9. The number of hydrogen-bond acceptors (Lipinski definition) is 5. The highest BCUT2D eigenvalue weighted by molar-refractivity contribution is 7.89. The standard InChI is InChI=1S/C19H18F3N5O2S/c1-26-10-18(24-11-26)30(28,29)27-8-13(19-15(21)3-2-6-23-19)17(9-27)25-12-4-5-14(20)16(22)7-12/h2-7,10-11,13,17,25H,8-9H2,1H3. The lowest BCUT2D eigenvalue weighted by atomic mass is 9.98. The molecule has 1 N–H and O–H groups in total. The molecule has 1 fully saturated rings. The van der Waals surface area contributed by atoms with Gasteiger partial charge in [0.2, 0.25) is 0 Å². The number of aromatic nitrogens is 3. The molecule has 3 heterocycles. The predicted octanol–water partition coefficient (Wildman–Crippen LogP) is 2.50. The molecule has 0 bridgehead atoms. The lowest BCUT2D eigenvalue weighted by Crippen LogP contribution is -2.32. The van der Waals surface area contributed by atoms with Crippen LogP contribution >= 0.6 is 0 Å². The van der Waals surface area contributed by atoms with E-state index in [9.17, 15) is 21.6 Å². The van der Waals surface area contributed by atoms with E-state index in [0.717, 1.165) is 12.1 Å². The molecule has 1 aliphatic heterocycles. The molecule has 1 saturated heterocycles. The molecule has 0 radical (unpaired) electrons. The minimum atomic E-state index is -3.93. The largest absolute Gasteiger partial charge is 0.380 e. The molecular formula is C19H18F3N5O2S. The Bertz CT molecular complexity index is 1180. The van der Waals surface area contributed by atoms with Crippen molar-refractivity contribution >= 4 is 15.7 Å². The first kappa shape index (κ1) is 20.4. The summed E-state index contributed by atoms with van der Waals surface area (Å²) in [5.74, 6) is -3.27. The Hall–Kier alpha value is -2.92. The van der Waals surface area contributed by atoms with E-state index >= 15 is 0 Å². The summed E-state index contributed by atoms with van der Waals surface area (Å²) in [6.07, 6.45) is 4.17. The van der Waals surface area contributed by atoms with Crippen molar-refractivity contribution in [3.8, 4) is 0 Å². The molecule has 2 unspecified atom stereocenters. The molecule has 0 aliphatic carbocycles. The first-order valence-corrected chi connectivity index (χ1v) is 10.5. The van der Waals surface area contributed by atoms with Gasteiger partial charge < -0.3 is 9.88 Å². The summed E-state index contributed by atoms with van der Waals surface area (Å²) in [4.78, 5) is 8.00. The number of imidazole rings is 1. The van der Waals surface area contributed by atoms with Gasteiger partial charge in [-0.25, -0.2) is 26.6 Å². The summed E-state index contributed by atoms with van der Waals surface area (Å²) < 4.78 is 70.0. The lowest BCUT2D eigenvalue weighted by molar-refractivity contribution is 0.466. The number of halogens is 3. The topological polar surface area (TPSA) is 80.1 Å². The Morgan fingerprint density at radius 1 is 1.07 bits per heavy atom. The summed E-state index contributed by atoms with van der Waals surface area (Å²) in [7, 11) is -2.29. The van der Waals surface area contributed by atoms with Gasteiger partial charge in [-0.1, -0.05) is 0 Å². The molecule has 30 heavy (non-hydrogen) atoms. The van der Waals surface area contributed by atoms with Gasteiger partial charge in [-0.2, -0.15) is 4.31 Å². The Morgan fingerprint density at radius 2 is 1.87 bits per heavy atom. The number of hydrogen-bond donors (Lipinski definition) is 1. The predicted molar refractivity (Wildman–Crippen MR) is 103 cm³/mol. The van der Waals surface area contributed by atoms with Crippen LogP contribution in [0.5, 0.6) is 0 Å². The number of nitrogens with zero attached hydrogens (tertiary/aromatic N) is 4. The highest BCUT2D eigenvalue weighted by atomic mass is 32.2. The van der Waals surface area contributed by atoms with Gasteiger partial charge in [0.05, 0.1) is 12.0 Å². The Morgan fingerprint density at radius 3 is 2.53 bits per heavy atom. The van der Waals surface area contributed by atoms with Gasteiger partial charge in [0, 0.05) is 56.2 Å². The summed E-state index contributed by atoms with van der Waals surface area (Å²) in [6, 6.07) is 5.32. The van der Waals surface area contributed by atoms with Crippen molar-refractivity contribution in [3.05, 3.63) is 72.2 Å². The van der Waals surface area contributed by atoms with Gasteiger partial charge in [0.1, 0.15) is 5.82 Å². The molecule has 158 valence electrons. The SMILES string of the molecule is Cn1cnc(S(=O)(=O)N2CC(Nc3ccc(F)c(F)c3)C(c3ncccc3F)C2)c1. The number of pyridine rings is 1. The van der Waals surface area contributed by atoms with Crippen LogP contribution in [0.3, 0.4) is 0 Å². The maximum Gasteiger partial charge on any atom is 0.262 e. The number of anilines is 1. The van der Waals surface area contributed by atoms with Gasteiger partial charge in [-0.05, 0) is 24.3 Å². The van der Waals surface area contributed by atoms with Crippen molar-refractivity contribution in [2.75, 3.05) is 18.4 Å². The van der Waals surface area contributed by atoms with E-state index in [1.807, 2.05) is 0 Å². The van der Waals surface area contributed by atoms with Crippen LogP contribution in [0.4, 0.5) is 18.9 Å². The van der Waals surface area contributed by atoms with Gasteiger partial charge >= 0.3 is 0 Å². The fourth-order valence-corrected chi connectivity index (χ4v) is 4.97. The second-order valence-corrected chi connectivity index (χ2v) is 8.94. The molecule has 0 spiro atoms. The van der Waals surface area contributed by atoms with Crippen LogP contribution in [-0.4, -0.2) is 46.4 Å². The van der Waals surface area contributed by atoms with Crippen molar-refractivity contribution in [2.45, 2.75) is 17.0 Å². The molecule has 7 nitrogen and oxygen atoms in total. The third-order valence-electron chi connectivity index (χ3n) is 4.98. The van der Waals surface area contributed by atoms with Crippen molar-refractivity contribution in [3.63, 3.8) is 0 Å². The second-order valence-electron chi connectivity index (χ2n) is 7.06. The van der Waals surface area contributed by atoms with Crippen LogP contribution < -0.4 is 5.32 Å². The highest BCUT2D eigenvalue weighted by Crippen LogP contribution is 2.33. The van der Waals surface area contributed by atoms with Crippen molar-refractivity contribution < 1.29 is 21.6 Å². The Kier molecular flexibility index (Phi) is 5.24. The van der Waals surface area contributed by atoms with E-state index in [1.165, 1.54) is 45.8 Å². The molecule has 3 aromatic rings. The number of rotatable bonds is 5. The molecule has 0 saturated carbocycles. The average Bonchev–Trinajstić information content (AvgIpc) is 3.32. The zero-order valence-electron chi connectivity index (χ0n) is 15.8. The van der Waals surface area contributed by atoms with Gasteiger partial charge in [-0.3, -0.25) is 4.98 Å². The molecule has 4 rings (SSSR count). The van der Waals surface area contributed by atoms with Gasteiger partial charge in [-0.15, -0.1) is 0 Å². The maximum absolute atomic E-state index is 14.4. The van der Waals surface area contributed by atoms with Gasteiger partial charge in [0.15, 0.2) is 16.7 Å². The van der Waals surface area contributed by atoms with E-state index in [2.05, 4.69) is 15.3 Å². The quantitative estimate of drug-likeness (QED) is 0.664. The fourth-order valence-electron chi connectivity index (χ4n) is 3.51. The fraction of sp³-hybridized carbons (Fsp3) is 0.263. The van der Waals surface area contributed by atoms with Crippen molar-refractivity contribution in [1.29, 1.82) is 0 Å². The number of nitrogens with one attached hydrogen (secondary N) is 1. The lowest BCUT2D eigenvalue weighted by Gasteiger charge is -2.21. The van der Waals surface area contributed by atoms with Crippen LogP contribution in [0.25, 0.3) is 0 Å². The number of benzene rings is 1. The van der Waals surface area contributed by atoms with Crippen molar-refractivity contribution in [1.82, 2.24) is 18.8 Å². The smallest absolute Gasteiger partial charge is 0.262 e. The third-order valence-corrected chi connectivity index (χ3v) is 6.70. The van der Waals surface area contributed by atoms with E-state index in [-0.39, 0.29) is 29.5 Å². The molecule has 1 aromatic carbocycles. The zero-order valence-corrected chi connectivity index (χ0v) is 16.7. The van der Waals surface area contributed by atoms with Crippen LogP contribution in [0.15, 0.2) is 54.1 Å². The maximum atomic E-state index is 14.4. The van der Waals surface area contributed by atoms with Gasteiger partial charge in [0.25, 0.3) is 10.0 Å². The minimum absolute atomic E-state index is 0.0292. The highest BCUT2D eigenvalue weighted by Gasteiger charge is 2.42. The molecule has 2 aromatic heterocycles. The van der Waals surface area contributed by atoms with Crippen LogP contribution in [-0.2, 0) is 17.1 Å². The summed E-state index contributed by atoms with van der Waals surface area (Å²) in [5.41, 5.74) is 0.341. The molecule has 2 atom stereocenters. The van der Waals surface area contributed by atoms with Crippen LogP contribution in [0, 0.1) is 17.5 Å². The molecular weight excluding hydrogens is 419 g/mol. The minimum Gasteiger partial charge on any atom is -0.380 e. The van der Waals surface area contributed by atoms with E-state index in [0.29, 0.717) is 0 Å². The van der Waals surface area contributed by atoms with E-state index < -0.39 is 39.4 Å². The molecule has 1 aliphatic rings. The average molecular weight is 437 g/mol.